The lowest BCUT2D eigenvalue weighted by atomic mass is 10.0. The van der Waals surface area contributed by atoms with Gasteiger partial charge >= 0.3 is 0 Å². The van der Waals surface area contributed by atoms with Gasteiger partial charge in [-0.25, -0.2) is 4.39 Å². The molecule has 0 aromatic heterocycles. The van der Waals surface area contributed by atoms with Crippen molar-refractivity contribution >= 4 is 11.8 Å². The summed E-state index contributed by atoms with van der Waals surface area (Å²) < 4.78 is 19.2. The van der Waals surface area contributed by atoms with E-state index in [1.807, 2.05) is 63.2 Å². The van der Waals surface area contributed by atoms with Crippen LogP contribution >= 0.6 is 0 Å². The average molecular weight is 463 g/mol. The lowest BCUT2D eigenvalue weighted by molar-refractivity contribution is -0.143. The van der Waals surface area contributed by atoms with E-state index in [0.717, 1.165) is 16.7 Å². The first-order valence-corrected chi connectivity index (χ1v) is 11.4. The quantitative estimate of drug-likeness (QED) is 0.476. The SMILES string of the molecule is Cc1ccc(OCC(=O)N(Cc2ccc(F)cc2)[C@H](Cc2ccccc2)C(=O)NC(C)C)cc1. The molecule has 0 fully saturated rings. The molecule has 3 aromatic carbocycles. The minimum Gasteiger partial charge on any atom is -0.484 e. The van der Waals surface area contributed by atoms with Crippen LogP contribution in [0.4, 0.5) is 4.39 Å². The molecule has 0 aliphatic carbocycles. The Bertz CT molecular complexity index is 1070. The number of hydrogen-bond donors (Lipinski definition) is 1. The van der Waals surface area contributed by atoms with Crippen LogP contribution in [-0.4, -0.2) is 35.4 Å². The number of nitrogens with one attached hydrogen (secondary N) is 1. The van der Waals surface area contributed by atoms with E-state index in [1.54, 1.807) is 24.3 Å². The van der Waals surface area contributed by atoms with E-state index >= 15 is 0 Å². The molecule has 5 nitrogen and oxygen atoms in total. The van der Waals surface area contributed by atoms with Crippen molar-refractivity contribution in [1.29, 1.82) is 0 Å². The third kappa shape index (κ3) is 7.44. The Balaban J connectivity index is 1.89. The molecule has 34 heavy (non-hydrogen) atoms. The van der Waals surface area contributed by atoms with Gasteiger partial charge in [0, 0.05) is 19.0 Å². The van der Waals surface area contributed by atoms with Crippen LogP contribution in [0.15, 0.2) is 78.9 Å². The van der Waals surface area contributed by atoms with Gasteiger partial charge in [0.15, 0.2) is 6.61 Å². The molecule has 3 aromatic rings. The Morgan fingerprint density at radius 2 is 1.56 bits per heavy atom. The third-order valence-corrected chi connectivity index (χ3v) is 5.35. The van der Waals surface area contributed by atoms with Crippen LogP contribution in [0, 0.1) is 12.7 Å². The van der Waals surface area contributed by atoms with Gasteiger partial charge in [-0.15, -0.1) is 0 Å². The van der Waals surface area contributed by atoms with Crippen LogP contribution in [0.25, 0.3) is 0 Å². The minimum absolute atomic E-state index is 0.0858. The van der Waals surface area contributed by atoms with Gasteiger partial charge in [0.2, 0.25) is 5.91 Å². The molecule has 1 atom stereocenters. The van der Waals surface area contributed by atoms with E-state index in [0.29, 0.717) is 12.2 Å². The summed E-state index contributed by atoms with van der Waals surface area (Å²) in [5.74, 6) is -0.357. The lowest BCUT2D eigenvalue weighted by Gasteiger charge is -2.32. The second-order valence-corrected chi connectivity index (χ2v) is 8.62. The van der Waals surface area contributed by atoms with Gasteiger partial charge < -0.3 is 15.0 Å². The predicted octanol–water partition coefficient (Wildman–Crippen LogP) is 4.68. The normalized spacial score (nSPS) is 11.7. The first-order chi connectivity index (χ1) is 16.3. The number of aryl methyl sites for hydroxylation is 1. The van der Waals surface area contributed by atoms with E-state index in [1.165, 1.54) is 17.0 Å². The highest BCUT2D eigenvalue weighted by atomic mass is 19.1. The zero-order chi connectivity index (χ0) is 24.5. The van der Waals surface area contributed by atoms with Crippen molar-refractivity contribution in [3.63, 3.8) is 0 Å². The van der Waals surface area contributed by atoms with Crippen LogP contribution in [-0.2, 0) is 22.6 Å². The van der Waals surface area contributed by atoms with Gasteiger partial charge in [-0.3, -0.25) is 9.59 Å². The van der Waals surface area contributed by atoms with Gasteiger partial charge in [-0.05, 0) is 56.2 Å². The number of carbonyl (C=O) groups excluding carboxylic acids is 2. The summed E-state index contributed by atoms with van der Waals surface area (Å²) in [6, 6.07) is 22.1. The molecule has 0 bridgehead atoms. The average Bonchev–Trinajstić information content (AvgIpc) is 2.82. The molecule has 2 amide bonds. The highest BCUT2D eigenvalue weighted by molar-refractivity contribution is 5.88. The van der Waals surface area contributed by atoms with Crippen molar-refractivity contribution in [3.05, 3.63) is 101 Å². The van der Waals surface area contributed by atoms with Gasteiger partial charge in [-0.1, -0.05) is 60.2 Å². The first kappa shape index (κ1) is 25.0. The number of nitrogens with zero attached hydrogens (tertiary/aromatic N) is 1. The third-order valence-electron chi connectivity index (χ3n) is 5.35. The zero-order valence-corrected chi connectivity index (χ0v) is 19.8. The summed E-state index contributed by atoms with van der Waals surface area (Å²) in [5, 5.41) is 2.94. The van der Waals surface area contributed by atoms with Crippen LogP contribution in [0.5, 0.6) is 5.75 Å². The zero-order valence-electron chi connectivity index (χ0n) is 19.8. The summed E-state index contributed by atoms with van der Waals surface area (Å²) in [6.45, 7) is 5.67. The van der Waals surface area contributed by atoms with Crippen molar-refractivity contribution in [3.8, 4) is 5.75 Å². The number of rotatable bonds is 10. The van der Waals surface area contributed by atoms with Crippen molar-refractivity contribution in [1.82, 2.24) is 10.2 Å². The lowest BCUT2D eigenvalue weighted by Crippen LogP contribution is -2.52. The molecule has 0 aliphatic heterocycles. The number of carbonyl (C=O) groups is 2. The van der Waals surface area contributed by atoms with Crippen LogP contribution < -0.4 is 10.1 Å². The molecular formula is C28H31FN2O3. The summed E-state index contributed by atoms with van der Waals surface area (Å²) in [7, 11) is 0. The van der Waals surface area contributed by atoms with E-state index in [-0.39, 0.29) is 36.8 Å². The Morgan fingerprint density at radius 3 is 2.18 bits per heavy atom. The number of hydrogen-bond acceptors (Lipinski definition) is 3. The van der Waals surface area contributed by atoms with Crippen molar-refractivity contribution in [2.45, 2.75) is 45.8 Å². The van der Waals surface area contributed by atoms with Crippen molar-refractivity contribution < 1.29 is 18.7 Å². The largest absolute Gasteiger partial charge is 0.484 e. The predicted molar refractivity (Wildman–Crippen MR) is 131 cm³/mol. The molecule has 0 heterocycles. The number of amides is 2. The molecule has 0 spiro atoms. The Hall–Kier alpha value is -3.67. The Morgan fingerprint density at radius 1 is 0.912 bits per heavy atom. The number of halogens is 1. The molecular weight excluding hydrogens is 431 g/mol. The molecule has 3 rings (SSSR count). The molecule has 0 aliphatic rings. The fourth-order valence-electron chi connectivity index (χ4n) is 3.58. The van der Waals surface area contributed by atoms with Crippen molar-refractivity contribution in [2.24, 2.45) is 0 Å². The van der Waals surface area contributed by atoms with Crippen LogP contribution in [0.2, 0.25) is 0 Å². The molecule has 178 valence electrons. The number of ether oxygens (including phenoxy) is 1. The summed E-state index contributed by atoms with van der Waals surface area (Å²) in [4.78, 5) is 28.2. The monoisotopic (exact) mass is 462 g/mol. The summed E-state index contributed by atoms with van der Waals surface area (Å²) in [5.41, 5.74) is 2.74. The Kier molecular flexibility index (Phi) is 8.79. The van der Waals surface area contributed by atoms with Crippen LogP contribution in [0.1, 0.15) is 30.5 Å². The maximum absolute atomic E-state index is 13.5. The fourth-order valence-corrected chi connectivity index (χ4v) is 3.58. The standard InChI is InChI=1S/C28H31FN2O3/c1-20(2)30-28(33)26(17-22-7-5-4-6-8-22)31(18-23-11-13-24(29)14-12-23)27(32)19-34-25-15-9-21(3)10-16-25/h4-16,20,26H,17-19H2,1-3H3,(H,30,33)/t26-/m1/s1. The van der Waals surface area contributed by atoms with Gasteiger partial charge in [0.25, 0.3) is 5.91 Å². The first-order valence-electron chi connectivity index (χ1n) is 11.4. The van der Waals surface area contributed by atoms with E-state index in [4.69, 9.17) is 4.74 Å². The fraction of sp³-hybridized carbons (Fsp3) is 0.286. The smallest absolute Gasteiger partial charge is 0.261 e. The van der Waals surface area contributed by atoms with Gasteiger partial charge in [0.1, 0.15) is 17.6 Å². The summed E-state index contributed by atoms with van der Waals surface area (Å²) >= 11 is 0. The maximum atomic E-state index is 13.5. The number of benzene rings is 3. The molecule has 0 radical (unpaired) electrons. The highest BCUT2D eigenvalue weighted by Crippen LogP contribution is 2.17. The maximum Gasteiger partial charge on any atom is 0.261 e. The summed E-state index contributed by atoms with van der Waals surface area (Å²) in [6.07, 6.45) is 0.344. The molecule has 0 saturated heterocycles. The second-order valence-electron chi connectivity index (χ2n) is 8.62. The molecule has 0 saturated carbocycles. The van der Waals surface area contributed by atoms with Crippen LogP contribution in [0.3, 0.4) is 0 Å². The second kappa shape index (κ2) is 12.0. The molecule has 6 heteroatoms. The minimum atomic E-state index is -0.760. The topological polar surface area (TPSA) is 58.6 Å². The van der Waals surface area contributed by atoms with Crippen molar-refractivity contribution in [2.75, 3.05) is 6.61 Å². The highest BCUT2D eigenvalue weighted by Gasteiger charge is 2.31. The Labute approximate surface area is 200 Å². The van der Waals surface area contributed by atoms with E-state index in [2.05, 4.69) is 5.32 Å². The molecule has 1 N–H and O–H groups in total. The van der Waals surface area contributed by atoms with E-state index < -0.39 is 6.04 Å². The van der Waals surface area contributed by atoms with Gasteiger partial charge in [0.05, 0.1) is 0 Å². The molecule has 0 unspecified atom stereocenters. The van der Waals surface area contributed by atoms with E-state index in [9.17, 15) is 14.0 Å². The van der Waals surface area contributed by atoms with Gasteiger partial charge in [-0.2, -0.15) is 0 Å².